The summed E-state index contributed by atoms with van der Waals surface area (Å²) in [5.41, 5.74) is 0.770. The Morgan fingerprint density at radius 2 is 2.02 bits per heavy atom. The lowest BCUT2D eigenvalue weighted by molar-refractivity contribution is -0.123. The van der Waals surface area contributed by atoms with Crippen LogP contribution in [0, 0.1) is 18.7 Å². The van der Waals surface area contributed by atoms with Gasteiger partial charge in [0, 0.05) is 70.1 Å². The van der Waals surface area contributed by atoms with Gasteiger partial charge >= 0.3 is 0 Å². The predicted octanol–water partition coefficient (Wildman–Crippen LogP) is 5.03. The summed E-state index contributed by atoms with van der Waals surface area (Å²) in [6.45, 7) is 2.11. The van der Waals surface area contributed by atoms with Gasteiger partial charge in [0.25, 0.3) is 6.47 Å². The number of methoxy groups -OCH3 is 1. The standard InChI is InChI=1S/C19H23FN4O4S.C9H7ClS.CH2O2/c1-28-14-8-12(9-14)10-18-21-5-7-23(18)13-2-3-17(15(20)11-13)24-6-4-16(19(24)25)22-29(26)27;1-6-4-7-2-3-8(10)5-9(7)11-6;2-1-3/h2-3,5,7,11-12,14,16,22H,4,6,8-10H2,1H3,(H,26,27);2-5H,1H3;1H,(H,2,3)/p-1. The highest BCUT2D eigenvalue weighted by molar-refractivity contribution is 7.77. The van der Waals surface area contributed by atoms with E-state index in [-0.39, 0.29) is 18.7 Å². The first-order valence-electron chi connectivity index (χ1n) is 13.4. The number of anilines is 1. The van der Waals surface area contributed by atoms with Crippen molar-refractivity contribution in [2.75, 3.05) is 18.6 Å². The average molecular weight is 650 g/mol. The van der Waals surface area contributed by atoms with Gasteiger partial charge < -0.3 is 23.9 Å². The van der Waals surface area contributed by atoms with Crippen LogP contribution in [0.2, 0.25) is 5.02 Å². The molecule has 2 fully saturated rings. The van der Waals surface area contributed by atoms with Gasteiger partial charge in [0.05, 0.1) is 17.8 Å². The van der Waals surface area contributed by atoms with Crippen molar-refractivity contribution < 1.29 is 32.6 Å². The maximum Gasteiger partial charge on any atom is 0.290 e. The second-order valence-electron chi connectivity index (χ2n) is 10.1. The summed E-state index contributed by atoms with van der Waals surface area (Å²) in [5.74, 6) is 0.365. The van der Waals surface area contributed by atoms with E-state index in [1.807, 2.05) is 16.7 Å². The number of nitrogens with zero attached hydrogens (tertiary/aromatic N) is 3. The normalized spacial score (nSPS) is 20.1. The number of carboxylic acid groups (broad SMARTS) is 1. The van der Waals surface area contributed by atoms with Crippen LogP contribution in [0.3, 0.4) is 0 Å². The molecule has 4 aromatic rings. The Balaban J connectivity index is 0.000000249. The van der Waals surface area contributed by atoms with E-state index in [2.05, 4.69) is 28.8 Å². The number of carbonyl (C=O) groups excluding carboxylic acids is 1. The van der Waals surface area contributed by atoms with E-state index in [0.717, 1.165) is 30.1 Å². The molecule has 43 heavy (non-hydrogen) atoms. The maximum absolute atomic E-state index is 14.8. The number of ether oxygens (including phenoxy) is 1. The van der Waals surface area contributed by atoms with Crippen LogP contribution in [0.4, 0.5) is 10.1 Å². The second-order valence-corrected chi connectivity index (χ2v) is 12.5. The van der Waals surface area contributed by atoms with Gasteiger partial charge in [0.1, 0.15) is 11.6 Å². The smallest absolute Gasteiger partial charge is 0.290 e. The van der Waals surface area contributed by atoms with E-state index in [4.69, 9.17) is 26.2 Å². The molecule has 2 atom stereocenters. The van der Waals surface area contributed by atoms with Gasteiger partial charge in [-0.15, -0.1) is 11.3 Å². The summed E-state index contributed by atoms with van der Waals surface area (Å²) < 4.78 is 47.0. The van der Waals surface area contributed by atoms with Gasteiger partial charge in [-0.05, 0) is 67.8 Å². The molecule has 1 saturated heterocycles. The summed E-state index contributed by atoms with van der Waals surface area (Å²) in [4.78, 5) is 27.8. The minimum absolute atomic E-state index is 0.142. The van der Waals surface area contributed by atoms with Gasteiger partial charge in [0.2, 0.25) is 5.91 Å². The lowest BCUT2D eigenvalue weighted by atomic mass is 9.80. The van der Waals surface area contributed by atoms with Crippen molar-refractivity contribution in [3.05, 3.63) is 76.4 Å². The molecule has 2 N–H and O–H groups in total. The van der Waals surface area contributed by atoms with E-state index < -0.39 is 29.0 Å². The van der Waals surface area contributed by atoms with Crippen LogP contribution in [0.15, 0.2) is 54.9 Å². The first-order valence-corrected chi connectivity index (χ1v) is 15.7. The molecule has 1 aliphatic heterocycles. The zero-order valence-electron chi connectivity index (χ0n) is 23.4. The fourth-order valence-corrected chi connectivity index (χ4v) is 6.81. The Bertz CT molecular complexity index is 1590. The highest BCUT2D eigenvalue weighted by atomic mass is 35.5. The fraction of sp³-hybridized carbons (Fsp3) is 0.345. The number of fused-ring (bicyclic) bond motifs is 1. The number of rotatable bonds is 7. The summed E-state index contributed by atoms with van der Waals surface area (Å²) >= 11 is 5.07. The molecule has 2 aromatic carbocycles. The summed E-state index contributed by atoms with van der Waals surface area (Å²) in [6, 6.07) is 12.0. The Morgan fingerprint density at radius 3 is 2.70 bits per heavy atom. The van der Waals surface area contributed by atoms with E-state index >= 15 is 0 Å². The molecule has 2 aromatic heterocycles. The molecule has 14 heteroatoms. The lowest BCUT2D eigenvalue weighted by Crippen LogP contribution is -2.39. The third-order valence-corrected chi connectivity index (χ3v) is 8.99. The largest absolute Gasteiger partial charge is 0.760 e. The van der Waals surface area contributed by atoms with Crippen molar-refractivity contribution in [2.24, 2.45) is 5.92 Å². The zero-order valence-corrected chi connectivity index (χ0v) is 25.8. The highest BCUT2D eigenvalue weighted by Gasteiger charge is 2.34. The predicted molar refractivity (Wildman–Crippen MR) is 164 cm³/mol. The molecule has 2 unspecified atom stereocenters. The molecule has 10 nitrogen and oxygen atoms in total. The number of hydrogen-bond acceptors (Lipinski definition) is 7. The minimum Gasteiger partial charge on any atom is -0.760 e. The number of aromatic nitrogens is 2. The molecule has 0 bridgehead atoms. The van der Waals surface area contributed by atoms with Crippen LogP contribution in [0.5, 0.6) is 0 Å². The van der Waals surface area contributed by atoms with Crippen LogP contribution in [-0.2, 0) is 32.0 Å². The number of benzene rings is 2. The molecular formula is C29H31ClFN4O6S2-. The van der Waals surface area contributed by atoms with Gasteiger partial charge in [0.15, 0.2) is 0 Å². The summed E-state index contributed by atoms with van der Waals surface area (Å²) in [5, 5.41) is 9.00. The Kier molecular flexibility index (Phi) is 11.4. The third-order valence-electron chi connectivity index (χ3n) is 7.26. The van der Waals surface area contributed by atoms with Gasteiger partial charge in [-0.1, -0.05) is 17.7 Å². The van der Waals surface area contributed by atoms with Crippen molar-refractivity contribution in [2.45, 2.75) is 44.8 Å². The molecule has 1 amide bonds. The maximum atomic E-state index is 14.8. The van der Waals surface area contributed by atoms with Crippen LogP contribution in [0.1, 0.15) is 30.0 Å². The second kappa shape index (κ2) is 15.0. The van der Waals surface area contributed by atoms with Crippen molar-refractivity contribution in [1.29, 1.82) is 0 Å². The number of hydrogen-bond donors (Lipinski definition) is 2. The van der Waals surface area contributed by atoms with E-state index in [0.29, 0.717) is 24.1 Å². The van der Waals surface area contributed by atoms with E-state index in [1.54, 1.807) is 43.0 Å². The average Bonchev–Trinajstić information content (AvgIpc) is 3.65. The monoisotopic (exact) mass is 649 g/mol. The molecule has 230 valence electrons. The summed E-state index contributed by atoms with van der Waals surface area (Å²) in [7, 11) is 1.72. The first-order chi connectivity index (χ1) is 20.6. The molecule has 0 radical (unpaired) electrons. The molecule has 6 rings (SSSR count). The molecule has 0 spiro atoms. The van der Waals surface area contributed by atoms with Crippen LogP contribution in [0.25, 0.3) is 15.8 Å². The van der Waals surface area contributed by atoms with Gasteiger partial charge in [-0.3, -0.25) is 13.8 Å². The lowest BCUT2D eigenvalue weighted by Gasteiger charge is -2.33. The van der Waals surface area contributed by atoms with Crippen molar-refractivity contribution in [1.82, 2.24) is 14.3 Å². The third kappa shape index (κ3) is 8.25. The highest BCUT2D eigenvalue weighted by Crippen LogP contribution is 2.33. The van der Waals surface area contributed by atoms with Crippen molar-refractivity contribution in [3.8, 4) is 5.69 Å². The fourth-order valence-electron chi connectivity index (χ4n) is 5.16. The van der Waals surface area contributed by atoms with Crippen molar-refractivity contribution >= 4 is 62.4 Å². The molecule has 2 aliphatic rings. The number of amides is 1. The van der Waals surface area contributed by atoms with E-state index in [1.165, 1.54) is 25.9 Å². The quantitative estimate of drug-likeness (QED) is 0.212. The van der Waals surface area contributed by atoms with Gasteiger partial charge in [-0.2, -0.15) is 0 Å². The number of thiophene rings is 1. The van der Waals surface area contributed by atoms with Crippen LogP contribution < -0.4 is 9.62 Å². The summed E-state index contributed by atoms with van der Waals surface area (Å²) in [6.07, 6.45) is 6.88. The molecule has 1 saturated carbocycles. The SMILES string of the molecule is COC1CC(Cc2nccn2-c2ccc(N3CCC(NS(=O)[O-])C3=O)c(F)c2)C1.Cc1cc2ccc(Cl)cc2s1.O=CO. The van der Waals surface area contributed by atoms with E-state index in [9.17, 15) is 17.9 Å². The number of imidazole rings is 1. The first kappa shape index (κ1) is 32.7. The number of nitrogens with one attached hydrogen (secondary N) is 1. The number of carbonyl (C=O) groups is 2. The molecule has 1 aliphatic carbocycles. The number of aryl methyl sites for hydroxylation is 1. The Labute approximate surface area is 259 Å². The Morgan fingerprint density at radius 1 is 1.28 bits per heavy atom. The topological polar surface area (TPSA) is 137 Å². The Hall–Kier alpha value is -3.20. The zero-order chi connectivity index (χ0) is 31.1. The van der Waals surface area contributed by atoms with Crippen LogP contribution in [-0.4, -0.2) is 61.6 Å². The van der Waals surface area contributed by atoms with Gasteiger partial charge in [-0.25, -0.2) is 14.1 Å². The molecule has 3 heterocycles. The van der Waals surface area contributed by atoms with Crippen LogP contribution >= 0.6 is 22.9 Å². The minimum atomic E-state index is -2.54. The molecular weight excluding hydrogens is 619 g/mol. The van der Waals surface area contributed by atoms with Crippen molar-refractivity contribution in [3.63, 3.8) is 0 Å². The number of halogens is 2.